The average Bonchev–Trinajstić information content (AvgIpc) is 2.58. The van der Waals surface area contributed by atoms with Crippen LogP contribution in [0.15, 0.2) is 53.0 Å². The maximum atomic E-state index is 12.3. The van der Waals surface area contributed by atoms with Gasteiger partial charge >= 0.3 is 5.97 Å². The van der Waals surface area contributed by atoms with Crippen molar-refractivity contribution in [2.75, 3.05) is 13.7 Å². The van der Waals surface area contributed by atoms with Crippen LogP contribution in [0.5, 0.6) is 11.5 Å². The lowest BCUT2D eigenvalue weighted by Crippen LogP contribution is -2.10. The van der Waals surface area contributed by atoms with Crippen molar-refractivity contribution >= 4 is 33.8 Å². The molecule has 0 aliphatic heterocycles. The second-order valence-electron chi connectivity index (χ2n) is 4.77. The molecule has 0 fully saturated rings. The third-order valence-electron chi connectivity index (χ3n) is 3.12. The Morgan fingerprint density at radius 2 is 1.92 bits per heavy atom. The van der Waals surface area contributed by atoms with Crippen LogP contribution in [0, 0.1) is 0 Å². The van der Waals surface area contributed by atoms with Crippen LogP contribution < -0.4 is 9.47 Å². The van der Waals surface area contributed by atoms with E-state index >= 15 is 0 Å². The minimum atomic E-state index is -1.09. The summed E-state index contributed by atoms with van der Waals surface area (Å²) in [5, 5.41) is 8.65. The molecule has 2 aromatic carbocycles. The van der Waals surface area contributed by atoms with Gasteiger partial charge in [-0.15, -0.1) is 0 Å². The van der Waals surface area contributed by atoms with Gasteiger partial charge in [-0.2, -0.15) is 0 Å². The zero-order valence-corrected chi connectivity index (χ0v) is 14.4. The summed E-state index contributed by atoms with van der Waals surface area (Å²) in [4.78, 5) is 22.8. The maximum absolute atomic E-state index is 12.3. The number of carbonyl (C=O) groups is 2. The van der Waals surface area contributed by atoms with E-state index in [9.17, 15) is 9.59 Å². The Balaban J connectivity index is 2.17. The van der Waals surface area contributed by atoms with Gasteiger partial charge in [0.1, 0.15) is 0 Å². The van der Waals surface area contributed by atoms with Crippen molar-refractivity contribution in [3.63, 3.8) is 0 Å². The monoisotopic (exact) mass is 390 g/mol. The van der Waals surface area contributed by atoms with Crippen LogP contribution in [-0.2, 0) is 4.79 Å². The summed E-state index contributed by atoms with van der Waals surface area (Å²) in [5.74, 6) is -0.718. The first-order valence-electron chi connectivity index (χ1n) is 7.01. The van der Waals surface area contributed by atoms with Gasteiger partial charge in [-0.25, -0.2) is 4.79 Å². The number of ether oxygens (including phenoxy) is 2. The highest BCUT2D eigenvalue weighted by Crippen LogP contribution is 2.28. The number of rotatable bonds is 7. The fourth-order valence-corrected chi connectivity index (χ4v) is 2.37. The lowest BCUT2D eigenvalue weighted by molar-refractivity contribution is -0.139. The lowest BCUT2D eigenvalue weighted by atomic mass is 10.1. The molecule has 2 rings (SSSR count). The lowest BCUT2D eigenvalue weighted by Gasteiger charge is -2.10. The fourth-order valence-electron chi connectivity index (χ4n) is 1.95. The number of carbonyl (C=O) groups excluding carboxylic acids is 1. The Bertz CT molecular complexity index is 783. The predicted octanol–water partition coefficient (Wildman–Crippen LogP) is 3.82. The normalized spacial score (nSPS) is 10.6. The van der Waals surface area contributed by atoms with Crippen molar-refractivity contribution in [1.29, 1.82) is 0 Å². The second kappa shape index (κ2) is 8.31. The molecule has 6 heteroatoms. The van der Waals surface area contributed by atoms with E-state index in [-0.39, 0.29) is 11.5 Å². The molecule has 0 aliphatic rings. The van der Waals surface area contributed by atoms with Gasteiger partial charge in [0.25, 0.3) is 0 Å². The summed E-state index contributed by atoms with van der Waals surface area (Å²) in [5.41, 5.74) is 1.30. The predicted molar refractivity (Wildman–Crippen MR) is 93.6 cm³/mol. The van der Waals surface area contributed by atoms with Crippen molar-refractivity contribution < 1.29 is 24.2 Å². The maximum Gasteiger partial charge on any atom is 0.341 e. The summed E-state index contributed by atoms with van der Waals surface area (Å²) in [6, 6.07) is 12.1. The minimum absolute atomic E-state index is 0.200. The molecule has 0 saturated heterocycles. The molecule has 0 heterocycles. The second-order valence-corrected chi connectivity index (χ2v) is 5.62. The standard InChI is InChI=1S/C18H15BrO5/c1-23-17-10-13(7-9-16(17)24-11-18(21)22)15(20)8-6-12-4-2-3-5-14(12)19/h2-10H,11H2,1H3,(H,21,22). The molecule has 0 aliphatic carbocycles. The average molecular weight is 391 g/mol. The Morgan fingerprint density at radius 3 is 2.58 bits per heavy atom. The number of halogens is 1. The molecule has 0 amide bonds. The van der Waals surface area contributed by atoms with E-state index in [1.165, 1.54) is 25.3 Å². The molecule has 0 spiro atoms. The zero-order valence-electron chi connectivity index (χ0n) is 12.9. The smallest absolute Gasteiger partial charge is 0.341 e. The van der Waals surface area contributed by atoms with Crippen LogP contribution in [0.4, 0.5) is 0 Å². The van der Waals surface area contributed by atoms with Gasteiger partial charge in [0.2, 0.25) is 0 Å². The SMILES string of the molecule is COc1cc(C(=O)C=Cc2ccccc2Br)ccc1OCC(=O)O. The molecular weight excluding hydrogens is 376 g/mol. The highest BCUT2D eigenvalue weighted by molar-refractivity contribution is 9.10. The van der Waals surface area contributed by atoms with E-state index in [1.54, 1.807) is 12.1 Å². The van der Waals surface area contributed by atoms with Crippen LogP contribution in [-0.4, -0.2) is 30.6 Å². The highest BCUT2D eigenvalue weighted by Gasteiger charge is 2.11. The van der Waals surface area contributed by atoms with Gasteiger partial charge in [0.05, 0.1) is 7.11 Å². The Hall–Kier alpha value is -2.60. The number of benzene rings is 2. The van der Waals surface area contributed by atoms with E-state index in [1.807, 2.05) is 24.3 Å². The molecule has 124 valence electrons. The molecule has 0 saturated carbocycles. The van der Waals surface area contributed by atoms with E-state index in [0.29, 0.717) is 11.3 Å². The molecule has 0 aromatic heterocycles. The van der Waals surface area contributed by atoms with Crippen molar-refractivity contribution in [3.8, 4) is 11.5 Å². The van der Waals surface area contributed by atoms with E-state index in [0.717, 1.165) is 10.0 Å². The number of hydrogen-bond donors (Lipinski definition) is 1. The van der Waals surface area contributed by atoms with Crippen LogP contribution in [0.25, 0.3) is 6.08 Å². The number of allylic oxidation sites excluding steroid dienone is 1. The molecule has 0 unspecified atom stereocenters. The summed E-state index contributed by atoms with van der Waals surface area (Å²) < 4.78 is 11.2. The van der Waals surface area contributed by atoms with Crippen LogP contribution in [0.2, 0.25) is 0 Å². The number of carboxylic acids is 1. The van der Waals surface area contributed by atoms with Gasteiger partial charge in [0.15, 0.2) is 23.9 Å². The van der Waals surface area contributed by atoms with Gasteiger partial charge < -0.3 is 14.6 Å². The molecule has 2 aromatic rings. The number of carboxylic acid groups (broad SMARTS) is 1. The number of ketones is 1. The molecule has 5 nitrogen and oxygen atoms in total. The van der Waals surface area contributed by atoms with Crippen LogP contribution in [0.3, 0.4) is 0 Å². The molecule has 24 heavy (non-hydrogen) atoms. The number of hydrogen-bond acceptors (Lipinski definition) is 4. The Morgan fingerprint density at radius 1 is 1.17 bits per heavy atom. The zero-order chi connectivity index (χ0) is 17.5. The first kappa shape index (κ1) is 17.7. The van der Waals surface area contributed by atoms with Gasteiger partial charge in [-0.1, -0.05) is 34.1 Å². The minimum Gasteiger partial charge on any atom is -0.493 e. The Kier molecular flexibility index (Phi) is 6.14. The van der Waals surface area contributed by atoms with E-state index in [4.69, 9.17) is 14.6 Å². The third kappa shape index (κ3) is 4.70. The van der Waals surface area contributed by atoms with Crippen LogP contribution >= 0.6 is 15.9 Å². The molecule has 0 bridgehead atoms. The number of methoxy groups -OCH3 is 1. The first-order chi connectivity index (χ1) is 11.5. The quantitative estimate of drug-likeness (QED) is 0.574. The van der Waals surface area contributed by atoms with Crippen molar-refractivity contribution in [2.45, 2.75) is 0 Å². The molecule has 0 atom stereocenters. The summed E-state index contributed by atoms with van der Waals surface area (Å²) in [6.07, 6.45) is 3.18. The van der Waals surface area contributed by atoms with Crippen molar-refractivity contribution in [3.05, 3.63) is 64.1 Å². The summed E-state index contributed by atoms with van der Waals surface area (Å²) in [6.45, 7) is -0.481. The number of aliphatic carboxylic acids is 1. The summed E-state index contributed by atoms with van der Waals surface area (Å²) >= 11 is 3.42. The first-order valence-corrected chi connectivity index (χ1v) is 7.80. The van der Waals surface area contributed by atoms with Gasteiger partial charge in [-0.05, 0) is 42.0 Å². The van der Waals surface area contributed by atoms with Gasteiger partial charge in [0, 0.05) is 10.0 Å². The van der Waals surface area contributed by atoms with E-state index < -0.39 is 12.6 Å². The molecule has 0 radical (unpaired) electrons. The Labute approximate surface area is 147 Å². The van der Waals surface area contributed by atoms with Crippen LogP contribution in [0.1, 0.15) is 15.9 Å². The third-order valence-corrected chi connectivity index (χ3v) is 3.84. The topological polar surface area (TPSA) is 72.8 Å². The highest BCUT2D eigenvalue weighted by atomic mass is 79.9. The fraction of sp³-hybridized carbons (Fsp3) is 0.111. The van der Waals surface area contributed by atoms with E-state index in [2.05, 4.69) is 15.9 Å². The van der Waals surface area contributed by atoms with Crippen molar-refractivity contribution in [1.82, 2.24) is 0 Å². The molecular formula is C18H15BrO5. The summed E-state index contributed by atoms with van der Waals surface area (Å²) in [7, 11) is 1.42. The largest absolute Gasteiger partial charge is 0.493 e. The van der Waals surface area contributed by atoms with Crippen molar-refractivity contribution in [2.24, 2.45) is 0 Å². The van der Waals surface area contributed by atoms with Gasteiger partial charge in [-0.3, -0.25) is 4.79 Å². The molecule has 1 N–H and O–H groups in total.